The summed E-state index contributed by atoms with van der Waals surface area (Å²) in [5, 5.41) is 6.88. The first-order chi connectivity index (χ1) is 25.5. The maximum atomic E-state index is 14.5. The molecule has 3 heterocycles. The SMILES string of the molecule is O=C1N[C@]2(C(=O)NOc3ccccc3)C[C@@H]2/C=C\CCCCC[C@H](Nc2cccc(C(F)(F)F)c2)C(=O)N2C[C@H](Oc3nc4ccc(Cl)cc4s3)C[C@@H]12. The number of nitrogens with zero attached hydrogens (tertiary/aromatic N) is 2. The third kappa shape index (κ3) is 8.38. The number of para-hydroxylation sites is 1. The van der Waals surface area contributed by atoms with E-state index in [9.17, 15) is 27.6 Å². The largest absolute Gasteiger partial charge is 0.465 e. The Morgan fingerprint density at radius 2 is 1.87 bits per heavy atom. The van der Waals surface area contributed by atoms with Crippen molar-refractivity contribution in [3.63, 3.8) is 0 Å². The number of ether oxygens (including phenoxy) is 1. The molecule has 5 atom stereocenters. The summed E-state index contributed by atoms with van der Waals surface area (Å²) in [5.41, 5.74) is 1.14. The van der Waals surface area contributed by atoms with Crippen LogP contribution in [0.4, 0.5) is 18.9 Å². The molecule has 278 valence electrons. The molecular weight excluding hydrogens is 731 g/mol. The molecule has 7 rings (SSSR count). The Kier molecular flexibility index (Phi) is 10.5. The summed E-state index contributed by atoms with van der Waals surface area (Å²) in [6.45, 7) is 0.00795. The number of rotatable bonds is 7. The van der Waals surface area contributed by atoms with Crippen molar-refractivity contribution in [2.75, 3.05) is 11.9 Å². The molecule has 0 radical (unpaired) electrons. The van der Waals surface area contributed by atoms with Gasteiger partial charge in [0.15, 0.2) is 5.75 Å². The van der Waals surface area contributed by atoms with Crippen molar-refractivity contribution in [1.29, 1.82) is 0 Å². The number of benzene rings is 3. The number of alkyl halides is 3. The van der Waals surface area contributed by atoms with Gasteiger partial charge in [0.25, 0.3) is 11.1 Å². The normalized spacial score (nSPS) is 25.6. The van der Waals surface area contributed by atoms with Crippen LogP contribution in [0.5, 0.6) is 10.9 Å². The molecule has 10 nitrogen and oxygen atoms in total. The Morgan fingerprint density at radius 3 is 2.68 bits per heavy atom. The second-order valence-electron chi connectivity index (χ2n) is 13.5. The Morgan fingerprint density at radius 1 is 1.04 bits per heavy atom. The highest BCUT2D eigenvalue weighted by Crippen LogP contribution is 2.46. The third-order valence-electron chi connectivity index (χ3n) is 9.78. The quantitative estimate of drug-likeness (QED) is 0.133. The molecule has 2 aliphatic heterocycles. The number of carbonyl (C=O) groups excluding carboxylic acids is 3. The first kappa shape index (κ1) is 36.5. The summed E-state index contributed by atoms with van der Waals surface area (Å²) >= 11 is 7.45. The van der Waals surface area contributed by atoms with E-state index >= 15 is 0 Å². The zero-order chi connectivity index (χ0) is 37.2. The average Bonchev–Trinajstić information content (AvgIpc) is 3.44. The maximum Gasteiger partial charge on any atom is 0.416 e. The van der Waals surface area contributed by atoms with E-state index in [4.69, 9.17) is 21.2 Å². The molecule has 0 unspecified atom stereocenters. The number of hydrogen-bond acceptors (Lipinski definition) is 8. The van der Waals surface area contributed by atoms with Crippen LogP contribution in [-0.4, -0.2) is 57.9 Å². The van der Waals surface area contributed by atoms with Gasteiger partial charge >= 0.3 is 6.18 Å². The molecule has 3 aliphatic rings. The van der Waals surface area contributed by atoms with Gasteiger partial charge in [-0.15, -0.1) is 0 Å². The maximum absolute atomic E-state index is 14.5. The van der Waals surface area contributed by atoms with E-state index in [2.05, 4.69) is 21.1 Å². The number of hydrogen-bond donors (Lipinski definition) is 3. The van der Waals surface area contributed by atoms with Gasteiger partial charge in [0.2, 0.25) is 11.8 Å². The lowest BCUT2D eigenvalue weighted by Gasteiger charge is -2.30. The van der Waals surface area contributed by atoms with E-state index < -0.39 is 53.2 Å². The van der Waals surface area contributed by atoms with Gasteiger partial charge in [0.1, 0.15) is 23.7 Å². The molecule has 4 aromatic rings. The van der Waals surface area contributed by atoms with Crippen LogP contribution in [-0.2, 0) is 20.6 Å². The highest BCUT2D eigenvalue weighted by atomic mass is 35.5. The number of nitrogens with one attached hydrogen (secondary N) is 3. The van der Waals surface area contributed by atoms with E-state index in [0.29, 0.717) is 47.2 Å². The number of halogens is 4. The molecule has 0 spiro atoms. The van der Waals surface area contributed by atoms with Crippen molar-refractivity contribution in [2.45, 2.75) is 74.8 Å². The molecule has 15 heteroatoms. The lowest BCUT2D eigenvalue weighted by atomic mass is 10.0. The molecule has 1 saturated carbocycles. The lowest BCUT2D eigenvalue weighted by Crippen LogP contribution is -2.57. The van der Waals surface area contributed by atoms with E-state index in [1.165, 1.54) is 28.4 Å². The van der Waals surface area contributed by atoms with E-state index in [1.54, 1.807) is 42.5 Å². The fourth-order valence-electron chi connectivity index (χ4n) is 6.91. The predicted octanol–water partition coefficient (Wildman–Crippen LogP) is 7.30. The molecule has 1 aliphatic carbocycles. The van der Waals surface area contributed by atoms with E-state index in [-0.39, 0.29) is 24.6 Å². The summed E-state index contributed by atoms with van der Waals surface area (Å²) in [6, 6.07) is 16.7. The number of thiazole rings is 1. The van der Waals surface area contributed by atoms with Crippen molar-refractivity contribution >= 4 is 56.6 Å². The summed E-state index contributed by atoms with van der Waals surface area (Å²) in [7, 11) is 0. The average molecular weight is 768 g/mol. The minimum atomic E-state index is -4.57. The van der Waals surface area contributed by atoms with Crippen LogP contribution in [0.2, 0.25) is 5.02 Å². The van der Waals surface area contributed by atoms with Gasteiger partial charge in [-0.25, -0.2) is 4.98 Å². The minimum Gasteiger partial charge on any atom is -0.465 e. The summed E-state index contributed by atoms with van der Waals surface area (Å²) in [6.07, 6.45) is 2.32. The summed E-state index contributed by atoms with van der Waals surface area (Å²) in [4.78, 5) is 54.0. The number of aromatic nitrogens is 1. The Bertz CT molecular complexity index is 2010. The molecule has 1 saturated heterocycles. The lowest BCUT2D eigenvalue weighted by molar-refractivity contribution is -0.141. The third-order valence-corrected chi connectivity index (χ3v) is 10.9. The summed E-state index contributed by atoms with van der Waals surface area (Å²) < 4.78 is 47.9. The molecule has 53 heavy (non-hydrogen) atoms. The van der Waals surface area contributed by atoms with Crippen molar-refractivity contribution < 1.29 is 37.1 Å². The predicted molar refractivity (Wildman–Crippen MR) is 194 cm³/mol. The number of anilines is 1. The van der Waals surface area contributed by atoms with Crippen LogP contribution in [0, 0.1) is 5.92 Å². The smallest absolute Gasteiger partial charge is 0.416 e. The number of fused-ring (bicyclic) bond motifs is 3. The highest BCUT2D eigenvalue weighted by Gasteiger charge is 2.61. The van der Waals surface area contributed by atoms with Gasteiger partial charge in [0.05, 0.1) is 22.3 Å². The Labute approximate surface area is 312 Å². The minimum absolute atomic E-state index is 0.00795. The van der Waals surface area contributed by atoms with Crippen LogP contribution in [0.1, 0.15) is 50.5 Å². The fraction of sp³-hybridized carbons (Fsp3) is 0.368. The molecule has 3 aromatic carbocycles. The first-order valence-corrected chi connectivity index (χ1v) is 18.7. The van der Waals surface area contributed by atoms with Gasteiger partial charge in [-0.1, -0.05) is 72.2 Å². The van der Waals surface area contributed by atoms with Crippen LogP contribution in [0.25, 0.3) is 10.2 Å². The molecule has 3 N–H and O–H groups in total. The van der Waals surface area contributed by atoms with Crippen LogP contribution >= 0.6 is 22.9 Å². The fourth-order valence-corrected chi connectivity index (χ4v) is 8.06. The van der Waals surface area contributed by atoms with Crippen LogP contribution < -0.4 is 25.7 Å². The van der Waals surface area contributed by atoms with E-state index in [1.807, 2.05) is 18.2 Å². The number of allylic oxidation sites excluding steroid dienone is 1. The Hall–Kier alpha value is -4.82. The zero-order valence-electron chi connectivity index (χ0n) is 28.4. The zero-order valence-corrected chi connectivity index (χ0v) is 30.0. The van der Waals surface area contributed by atoms with Gasteiger partial charge < -0.3 is 25.1 Å². The summed E-state index contributed by atoms with van der Waals surface area (Å²) in [5.74, 6) is -1.44. The standard InChI is InChI=1S/C38H37ClF3N5O5S/c39-25-16-17-29-32(19-25)53-36(44-29)51-28-20-31-33(48)45-37(35(50)46-52-27-13-6-4-7-14-27)21-24(37)10-5-2-1-3-8-15-30(34(49)47(31)22-28)43-26-12-9-11-23(18-26)38(40,41)42/h4-7,9-14,16-19,24,28,30-31,43H,1-3,8,15,20-22H2,(H,45,48)(H,46,50)/b10-5-/t24-,28+,30-,31-,37+/m0/s1. The monoisotopic (exact) mass is 767 g/mol. The number of hydroxylamine groups is 1. The van der Waals surface area contributed by atoms with Crippen molar-refractivity contribution in [1.82, 2.24) is 20.7 Å². The van der Waals surface area contributed by atoms with Crippen LogP contribution in [0.15, 0.2) is 84.9 Å². The van der Waals surface area contributed by atoms with Crippen molar-refractivity contribution in [3.8, 4) is 10.9 Å². The number of amides is 3. The van der Waals surface area contributed by atoms with Gasteiger partial charge in [-0.05, 0) is 74.2 Å². The molecule has 1 aromatic heterocycles. The van der Waals surface area contributed by atoms with Crippen LogP contribution in [0.3, 0.4) is 0 Å². The second-order valence-corrected chi connectivity index (χ2v) is 15.0. The molecular formula is C38H37ClF3N5O5S. The molecule has 0 bridgehead atoms. The topological polar surface area (TPSA) is 122 Å². The van der Waals surface area contributed by atoms with Crippen molar-refractivity contribution in [3.05, 3.63) is 95.5 Å². The first-order valence-electron chi connectivity index (χ1n) is 17.5. The number of carbonyl (C=O) groups is 3. The molecule has 2 fully saturated rings. The second kappa shape index (κ2) is 15.3. The van der Waals surface area contributed by atoms with Gasteiger partial charge in [-0.3, -0.25) is 14.4 Å². The van der Waals surface area contributed by atoms with Crippen molar-refractivity contribution in [2.24, 2.45) is 5.92 Å². The van der Waals surface area contributed by atoms with Gasteiger partial charge in [-0.2, -0.15) is 18.7 Å². The highest BCUT2D eigenvalue weighted by molar-refractivity contribution is 7.20. The molecule has 3 amide bonds. The Balaban J connectivity index is 1.17. The van der Waals surface area contributed by atoms with E-state index in [0.717, 1.165) is 29.7 Å². The van der Waals surface area contributed by atoms with Gasteiger partial charge in [0, 0.05) is 23.0 Å².